The number of nitrogens with zero attached hydrogens (tertiary/aromatic N) is 1. The van der Waals surface area contributed by atoms with Crippen LogP contribution < -0.4 is 5.32 Å². The summed E-state index contributed by atoms with van der Waals surface area (Å²) in [4.78, 5) is 37.7. The van der Waals surface area contributed by atoms with E-state index in [4.69, 9.17) is 16.3 Å². The fourth-order valence-electron chi connectivity index (χ4n) is 2.58. The van der Waals surface area contributed by atoms with Crippen LogP contribution in [-0.2, 0) is 25.5 Å². The minimum Gasteiger partial charge on any atom is -0.452 e. The Morgan fingerprint density at radius 2 is 1.83 bits per heavy atom. The summed E-state index contributed by atoms with van der Waals surface area (Å²) in [6, 6.07) is 11.3. The molecule has 0 saturated heterocycles. The molecule has 0 aliphatic carbocycles. The highest BCUT2D eigenvalue weighted by atomic mass is 35.5. The zero-order valence-corrected chi connectivity index (χ0v) is 17.1. The molecule has 29 heavy (non-hydrogen) atoms. The van der Waals surface area contributed by atoms with Gasteiger partial charge in [0.2, 0.25) is 5.91 Å². The molecule has 2 aromatic carbocycles. The molecule has 0 spiro atoms. The van der Waals surface area contributed by atoms with E-state index in [0.29, 0.717) is 5.69 Å². The molecule has 6 nitrogen and oxygen atoms in total. The van der Waals surface area contributed by atoms with Crippen molar-refractivity contribution in [2.24, 2.45) is 0 Å². The largest absolute Gasteiger partial charge is 0.452 e. The van der Waals surface area contributed by atoms with Crippen LogP contribution in [0.5, 0.6) is 0 Å². The van der Waals surface area contributed by atoms with Gasteiger partial charge in [0.1, 0.15) is 5.82 Å². The van der Waals surface area contributed by atoms with E-state index in [0.717, 1.165) is 10.5 Å². The Bertz CT molecular complexity index is 882. The van der Waals surface area contributed by atoms with E-state index in [1.54, 1.807) is 12.1 Å². The van der Waals surface area contributed by atoms with Crippen LogP contribution in [0, 0.1) is 12.7 Å². The first-order valence-electron chi connectivity index (χ1n) is 8.91. The monoisotopic (exact) mass is 420 g/mol. The molecule has 1 N–H and O–H groups in total. The van der Waals surface area contributed by atoms with Crippen molar-refractivity contribution >= 4 is 35.1 Å². The van der Waals surface area contributed by atoms with E-state index >= 15 is 0 Å². The van der Waals surface area contributed by atoms with Gasteiger partial charge in [-0.25, -0.2) is 4.39 Å². The Labute approximate surface area is 173 Å². The molecule has 8 heteroatoms. The second-order valence-corrected chi connectivity index (χ2v) is 7.02. The lowest BCUT2D eigenvalue weighted by Crippen LogP contribution is -2.41. The summed E-state index contributed by atoms with van der Waals surface area (Å²) in [7, 11) is 1.43. The molecule has 2 amide bonds. The first-order valence-corrected chi connectivity index (χ1v) is 9.29. The molecule has 2 rings (SSSR count). The van der Waals surface area contributed by atoms with Crippen molar-refractivity contribution in [3.8, 4) is 0 Å². The van der Waals surface area contributed by atoms with Crippen LogP contribution in [0.1, 0.15) is 18.1 Å². The highest BCUT2D eigenvalue weighted by Crippen LogP contribution is 2.20. The molecule has 2 aromatic rings. The number of aryl methyl sites for hydroxylation is 1. The SMILES string of the molecule is Cc1ccc(NC(=O)CN(C)C(=O)[C@H](C)OC(=O)Cc2c(F)cccc2Cl)cc1. The first kappa shape index (κ1) is 22.4. The summed E-state index contributed by atoms with van der Waals surface area (Å²) in [6.07, 6.45) is -1.54. The maximum Gasteiger partial charge on any atom is 0.311 e. The standard InChI is InChI=1S/C21H22ClFN2O4/c1-13-7-9-15(10-8-13)24-19(26)12-25(3)21(28)14(2)29-20(27)11-16-17(22)5-4-6-18(16)23/h4-10,14H,11-12H2,1-3H3,(H,24,26)/t14-/m0/s1. The third kappa shape index (κ3) is 6.57. The van der Waals surface area contributed by atoms with Gasteiger partial charge in [-0.05, 0) is 38.1 Å². The molecule has 0 unspecified atom stereocenters. The average Bonchev–Trinajstić information content (AvgIpc) is 2.66. The number of amides is 2. The highest BCUT2D eigenvalue weighted by molar-refractivity contribution is 6.31. The van der Waals surface area contributed by atoms with Gasteiger partial charge in [-0.2, -0.15) is 0 Å². The molecular formula is C21H22ClFN2O4. The van der Waals surface area contributed by atoms with Crippen molar-refractivity contribution < 1.29 is 23.5 Å². The van der Waals surface area contributed by atoms with Crippen LogP contribution in [0.3, 0.4) is 0 Å². The van der Waals surface area contributed by atoms with E-state index in [-0.39, 0.29) is 23.0 Å². The zero-order valence-electron chi connectivity index (χ0n) is 16.4. The van der Waals surface area contributed by atoms with Crippen LogP contribution in [0.4, 0.5) is 10.1 Å². The summed E-state index contributed by atoms with van der Waals surface area (Å²) >= 11 is 5.89. The summed E-state index contributed by atoms with van der Waals surface area (Å²) in [5, 5.41) is 2.79. The number of rotatable bonds is 7. The topological polar surface area (TPSA) is 75.7 Å². The third-order valence-electron chi connectivity index (χ3n) is 4.13. The number of likely N-dealkylation sites (N-methyl/N-ethyl adjacent to an activating group) is 1. The number of anilines is 1. The number of carbonyl (C=O) groups is 3. The minimum atomic E-state index is -1.13. The van der Waals surface area contributed by atoms with E-state index < -0.39 is 30.2 Å². The average molecular weight is 421 g/mol. The van der Waals surface area contributed by atoms with Gasteiger partial charge >= 0.3 is 5.97 Å². The first-order chi connectivity index (χ1) is 13.7. The summed E-state index contributed by atoms with van der Waals surface area (Å²) < 4.78 is 18.8. The molecule has 0 bridgehead atoms. The van der Waals surface area contributed by atoms with Gasteiger partial charge in [-0.15, -0.1) is 0 Å². The maximum atomic E-state index is 13.8. The normalized spacial score (nSPS) is 11.5. The second-order valence-electron chi connectivity index (χ2n) is 6.62. The molecule has 0 aliphatic heterocycles. The maximum absolute atomic E-state index is 13.8. The Balaban J connectivity index is 1.87. The fraction of sp³-hybridized carbons (Fsp3) is 0.286. The number of benzene rings is 2. The highest BCUT2D eigenvalue weighted by Gasteiger charge is 2.24. The van der Waals surface area contributed by atoms with Crippen molar-refractivity contribution in [3.05, 3.63) is 64.4 Å². The quantitative estimate of drug-likeness (QED) is 0.697. The van der Waals surface area contributed by atoms with Crippen LogP contribution in [0.2, 0.25) is 5.02 Å². The van der Waals surface area contributed by atoms with Crippen LogP contribution >= 0.6 is 11.6 Å². The van der Waals surface area contributed by atoms with Crippen molar-refractivity contribution in [2.45, 2.75) is 26.4 Å². The lowest BCUT2D eigenvalue weighted by atomic mass is 10.1. The molecule has 0 fully saturated rings. The lowest BCUT2D eigenvalue weighted by molar-refractivity contribution is -0.158. The molecule has 0 aromatic heterocycles. The number of nitrogens with one attached hydrogen (secondary N) is 1. The molecular weight excluding hydrogens is 399 g/mol. The van der Waals surface area contributed by atoms with Gasteiger partial charge in [-0.3, -0.25) is 14.4 Å². The summed E-state index contributed by atoms with van der Waals surface area (Å²) in [5.41, 5.74) is 1.68. The molecule has 1 atom stereocenters. The smallest absolute Gasteiger partial charge is 0.311 e. The van der Waals surface area contributed by atoms with Crippen LogP contribution in [0.25, 0.3) is 0 Å². The fourth-order valence-corrected chi connectivity index (χ4v) is 2.81. The molecule has 0 heterocycles. The van der Waals surface area contributed by atoms with E-state index in [2.05, 4.69) is 5.32 Å². The van der Waals surface area contributed by atoms with Gasteiger partial charge in [0.25, 0.3) is 5.91 Å². The minimum absolute atomic E-state index is 0.00430. The van der Waals surface area contributed by atoms with Gasteiger partial charge in [0.15, 0.2) is 6.10 Å². The molecule has 0 radical (unpaired) electrons. The Morgan fingerprint density at radius 1 is 1.17 bits per heavy atom. The number of halogens is 2. The van der Waals surface area contributed by atoms with Gasteiger partial charge in [0, 0.05) is 23.3 Å². The lowest BCUT2D eigenvalue weighted by Gasteiger charge is -2.21. The third-order valence-corrected chi connectivity index (χ3v) is 4.49. The number of esters is 1. The predicted molar refractivity (Wildman–Crippen MR) is 108 cm³/mol. The predicted octanol–water partition coefficient (Wildman–Crippen LogP) is 3.36. The number of carbonyl (C=O) groups excluding carboxylic acids is 3. The number of ether oxygens (including phenoxy) is 1. The van der Waals surface area contributed by atoms with Crippen LogP contribution in [-0.4, -0.2) is 42.4 Å². The van der Waals surface area contributed by atoms with Crippen molar-refractivity contribution in [1.29, 1.82) is 0 Å². The van der Waals surface area contributed by atoms with Crippen LogP contribution in [0.15, 0.2) is 42.5 Å². The Morgan fingerprint density at radius 3 is 2.45 bits per heavy atom. The van der Waals surface area contributed by atoms with Crippen molar-refractivity contribution in [2.75, 3.05) is 18.9 Å². The van der Waals surface area contributed by atoms with Gasteiger partial charge in [0.05, 0.1) is 13.0 Å². The molecule has 0 saturated carbocycles. The second kappa shape index (κ2) is 10.0. The van der Waals surface area contributed by atoms with Crippen molar-refractivity contribution in [1.82, 2.24) is 4.90 Å². The van der Waals surface area contributed by atoms with Crippen molar-refractivity contribution in [3.63, 3.8) is 0 Å². The van der Waals surface area contributed by atoms with Gasteiger partial charge < -0.3 is 15.0 Å². The summed E-state index contributed by atoms with van der Waals surface area (Å²) in [6.45, 7) is 3.10. The Kier molecular flexibility index (Phi) is 7.73. The summed E-state index contributed by atoms with van der Waals surface area (Å²) in [5.74, 6) is -2.37. The van der Waals surface area contributed by atoms with E-state index in [1.165, 1.54) is 32.2 Å². The number of hydrogen-bond donors (Lipinski definition) is 1. The molecule has 0 aliphatic rings. The number of hydrogen-bond acceptors (Lipinski definition) is 4. The zero-order chi connectivity index (χ0) is 21.6. The van der Waals surface area contributed by atoms with Gasteiger partial charge in [-0.1, -0.05) is 35.4 Å². The Hall–Kier alpha value is -2.93. The van der Waals surface area contributed by atoms with E-state index in [9.17, 15) is 18.8 Å². The van der Waals surface area contributed by atoms with E-state index in [1.807, 2.05) is 19.1 Å². The molecule has 154 valence electrons.